The molecule has 3 aliphatic rings. The van der Waals surface area contributed by atoms with Crippen LogP contribution in [0.1, 0.15) is 43.2 Å². The number of fused-ring (bicyclic) bond motifs is 1. The quantitative estimate of drug-likeness (QED) is 0.800. The third-order valence-corrected chi connectivity index (χ3v) is 6.23. The van der Waals surface area contributed by atoms with E-state index in [1.165, 1.54) is 43.9 Å². The van der Waals surface area contributed by atoms with Crippen molar-refractivity contribution in [2.45, 2.75) is 50.0 Å². The lowest BCUT2D eigenvalue weighted by atomic mass is 9.52. The average molecular weight is 301 g/mol. The molecule has 1 N–H and O–H groups in total. The summed E-state index contributed by atoms with van der Waals surface area (Å²) in [5, 5.41) is 9.97. The Labute approximate surface area is 131 Å². The van der Waals surface area contributed by atoms with Crippen molar-refractivity contribution < 1.29 is 14.6 Å². The number of hydrogen-bond acceptors (Lipinski definition) is 3. The van der Waals surface area contributed by atoms with Gasteiger partial charge in [-0.1, -0.05) is 18.9 Å². The number of rotatable bonds is 0. The molecular weight excluding hydrogens is 278 g/mol. The normalized spacial score (nSPS) is 32.9. The van der Waals surface area contributed by atoms with Crippen molar-refractivity contribution in [3.05, 3.63) is 29.3 Å². The van der Waals surface area contributed by atoms with Crippen molar-refractivity contribution in [3.8, 4) is 5.75 Å². The standard InChI is InChI=1S/C18H23NO3/c1-22-17(21)19-9-8-18-7-3-2-4-14(18)16(19)10-12-5-6-13(20)11-15(12)18/h5-6,11,14,16,20H,2-4,7-10H2,1H3/t14-,16+,18+/m1/s1. The first-order valence-electron chi connectivity index (χ1n) is 8.33. The summed E-state index contributed by atoms with van der Waals surface area (Å²) in [6, 6.07) is 6.05. The molecule has 0 spiro atoms. The lowest BCUT2D eigenvalue weighted by molar-refractivity contribution is -0.00739. The first kappa shape index (κ1) is 13.9. The summed E-state index contributed by atoms with van der Waals surface area (Å²) in [6.45, 7) is 0.767. The zero-order valence-electron chi connectivity index (χ0n) is 13.0. The van der Waals surface area contributed by atoms with Crippen molar-refractivity contribution in [2.75, 3.05) is 13.7 Å². The molecule has 1 saturated heterocycles. The second kappa shape index (κ2) is 4.90. The van der Waals surface area contributed by atoms with Gasteiger partial charge in [0.15, 0.2) is 0 Å². The Balaban J connectivity index is 1.83. The van der Waals surface area contributed by atoms with E-state index in [0.717, 1.165) is 19.4 Å². The number of likely N-dealkylation sites (tertiary alicyclic amines) is 1. The van der Waals surface area contributed by atoms with Gasteiger partial charge in [-0.15, -0.1) is 0 Å². The molecule has 0 aromatic heterocycles. The highest BCUT2D eigenvalue weighted by atomic mass is 16.5. The molecule has 2 aliphatic carbocycles. The van der Waals surface area contributed by atoms with Gasteiger partial charge in [0, 0.05) is 18.0 Å². The van der Waals surface area contributed by atoms with Crippen molar-refractivity contribution in [3.63, 3.8) is 0 Å². The van der Waals surface area contributed by atoms with Crippen LogP contribution in [0.4, 0.5) is 4.79 Å². The maximum atomic E-state index is 12.2. The van der Waals surface area contributed by atoms with Gasteiger partial charge in [-0.2, -0.15) is 0 Å². The first-order chi connectivity index (χ1) is 10.7. The van der Waals surface area contributed by atoms with Crippen molar-refractivity contribution >= 4 is 6.09 Å². The number of carbonyl (C=O) groups excluding carboxylic acids is 1. The monoisotopic (exact) mass is 301 g/mol. The van der Waals surface area contributed by atoms with Gasteiger partial charge in [-0.05, 0) is 54.9 Å². The van der Waals surface area contributed by atoms with Crippen LogP contribution in [-0.2, 0) is 16.6 Å². The summed E-state index contributed by atoms with van der Waals surface area (Å²) in [4.78, 5) is 14.1. The number of phenolic OH excluding ortho intramolecular Hbond substituents is 1. The lowest BCUT2D eigenvalue weighted by Gasteiger charge is -2.58. The number of aromatic hydroxyl groups is 1. The summed E-state index contributed by atoms with van der Waals surface area (Å²) < 4.78 is 5.01. The summed E-state index contributed by atoms with van der Waals surface area (Å²) >= 11 is 0. The summed E-state index contributed by atoms with van der Waals surface area (Å²) in [5.41, 5.74) is 2.80. The van der Waals surface area contributed by atoms with Crippen molar-refractivity contribution in [1.82, 2.24) is 4.90 Å². The molecular formula is C18H23NO3. The second-order valence-electron chi connectivity index (χ2n) is 7.03. The van der Waals surface area contributed by atoms with E-state index in [1.54, 1.807) is 6.07 Å². The van der Waals surface area contributed by atoms with Crippen LogP contribution in [-0.4, -0.2) is 35.8 Å². The molecule has 2 bridgehead atoms. The summed E-state index contributed by atoms with van der Waals surface area (Å²) in [7, 11) is 1.47. The topological polar surface area (TPSA) is 49.8 Å². The van der Waals surface area contributed by atoms with Gasteiger partial charge in [0.2, 0.25) is 0 Å². The molecule has 3 atom stereocenters. The number of hydrogen-bond donors (Lipinski definition) is 1. The van der Waals surface area contributed by atoms with E-state index in [2.05, 4.69) is 0 Å². The minimum absolute atomic E-state index is 0.153. The van der Waals surface area contributed by atoms with E-state index >= 15 is 0 Å². The first-order valence-corrected chi connectivity index (χ1v) is 8.33. The van der Waals surface area contributed by atoms with E-state index in [4.69, 9.17) is 4.74 Å². The van der Waals surface area contributed by atoms with E-state index < -0.39 is 0 Å². The molecule has 1 heterocycles. The summed E-state index contributed by atoms with van der Waals surface area (Å²) in [5.74, 6) is 0.870. The van der Waals surface area contributed by atoms with Crippen LogP contribution in [0, 0.1) is 5.92 Å². The molecule has 118 valence electrons. The van der Waals surface area contributed by atoms with Crippen molar-refractivity contribution in [1.29, 1.82) is 0 Å². The molecule has 1 aromatic rings. The maximum absolute atomic E-state index is 12.2. The highest BCUT2D eigenvalue weighted by Crippen LogP contribution is 2.56. The number of nitrogens with zero attached hydrogens (tertiary/aromatic N) is 1. The molecule has 1 saturated carbocycles. The maximum Gasteiger partial charge on any atom is 0.409 e. The fraction of sp³-hybridized carbons (Fsp3) is 0.611. The minimum Gasteiger partial charge on any atom is -0.508 e. The van der Waals surface area contributed by atoms with Gasteiger partial charge in [-0.3, -0.25) is 0 Å². The molecule has 4 heteroatoms. The van der Waals surface area contributed by atoms with Crippen LogP contribution in [0.2, 0.25) is 0 Å². The molecule has 2 fully saturated rings. The Bertz CT molecular complexity index is 614. The molecule has 1 aliphatic heterocycles. The zero-order valence-corrected chi connectivity index (χ0v) is 13.0. The van der Waals surface area contributed by atoms with Gasteiger partial charge in [0.05, 0.1) is 7.11 Å². The van der Waals surface area contributed by atoms with E-state index in [0.29, 0.717) is 11.7 Å². The van der Waals surface area contributed by atoms with Crippen LogP contribution >= 0.6 is 0 Å². The number of methoxy groups -OCH3 is 1. The number of benzene rings is 1. The van der Waals surface area contributed by atoms with Gasteiger partial charge in [-0.25, -0.2) is 4.79 Å². The Hall–Kier alpha value is -1.71. The predicted molar refractivity (Wildman–Crippen MR) is 83.0 cm³/mol. The highest BCUT2D eigenvalue weighted by Gasteiger charge is 2.54. The molecule has 0 radical (unpaired) electrons. The van der Waals surface area contributed by atoms with Crippen molar-refractivity contribution in [2.24, 2.45) is 5.92 Å². The number of amides is 1. The van der Waals surface area contributed by atoms with Gasteiger partial charge in [0.1, 0.15) is 5.75 Å². The van der Waals surface area contributed by atoms with Crippen LogP contribution in [0.5, 0.6) is 5.75 Å². The van der Waals surface area contributed by atoms with Crippen LogP contribution in [0.15, 0.2) is 18.2 Å². The van der Waals surface area contributed by atoms with Gasteiger partial charge >= 0.3 is 6.09 Å². The van der Waals surface area contributed by atoms with Crippen LogP contribution < -0.4 is 0 Å². The fourth-order valence-corrected chi connectivity index (χ4v) is 5.34. The third-order valence-electron chi connectivity index (χ3n) is 6.23. The van der Waals surface area contributed by atoms with E-state index in [9.17, 15) is 9.90 Å². The van der Waals surface area contributed by atoms with E-state index in [1.807, 2.05) is 17.0 Å². The number of phenols is 1. The Morgan fingerprint density at radius 3 is 3.05 bits per heavy atom. The molecule has 1 amide bonds. The van der Waals surface area contributed by atoms with Gasteiger partial charge in [0.25, 0.3) is 0 Å². The Morgan fingerprint density at radius 1 is 1.36 bits per heavy atom. The molecule has 0 unspecified atom stereocenters. The largest absolute Gasteiger partial charge is 0.508 e. The van der Waals surface area contributed by atoms with E-state index in [-0.39, 0.29) is 17.6 Å². The summed E-state index contributed by atoms with van der Waals surface area (Å²) in [6.07, 6.45) is 6.53. The zero-order chi connectivity index (χ0) is 15.3. The minimum atomic E-state index is -0.189. The predicted octanol–water partition coefficient (Wildman–Crippen LogP) is 3.22. The molecule has 1 aromatic carbocycles. The number of ether oxygens (including phenoxy) is 1. The Kier molecular flexibility index (Phi) is 3.10. The van der Waals surface area contributed by atoms with Crippen LogP contribution in [0.25, 0.3) is 0 Å². The molecule has 4 rings (SSSR count). The Morgan fingerprint density at radius 2 is 2.23 bits per heavy atom. The lowest BCUT2D eigenvalue weighted by Crippen LogP contribution is -2.62. The third kappa shape index (κ3) is 1.79. The SMILES string of the molecule is COC(=O)N1CC[C@@]23CCCC[C@@H]2[C@@H]1Cc1ccc(O)cc13. The van der Waals surface area contributed by atoms with Crippen LogP contribution in [0.3, 0.4) is 0 Å². The molecule has 4 nitrogen and oxygen atoms in total. The number of carbonyl (C=O) groups is 1. The number of piperidine rings is 1. The van der Waals surface area contributed by atoms with Gasteiger partial charge < -0.3 is 14.7 Å². The average Bonchev–Trinajstić information content (AvgIpc) is 2.55. The smallest absolute Gasteiger partial charge is 0.409 e. The fourth-order valence-electron chi connectivity index (χ4n) is 5.34. The highest BCUT2D eigenvalue weighted by molar-refractivity contribution is 5.68. The second-order valence-corrected chi connectivity index (χ2v) is 7.03. The molecule has 22 heavy (non-hydrogen) atoms.